The minimum atomic E-state index is -1.62. The largest absolute Gasteiger partial charge is 0.464 e. The summed E-state index contributed by atoms with van der Waals surface area (Å²) in [6.45, 7) is 2.09. The number of amides is 2. The van der Waals surface area contributed by atoms with Crippen LogP contribution in [0.1, 0.15) is 18.9 Å². The molecule has 106 valence electrons. The zero-order valence-electron chi connectivity index (χ0n) is 11.1. The average Bonchev–Trinajstić information content (AvgIpc) is 2.73. The Hall–Kier alpha value is -2.21. The van der Waals surface area contributed by atoms with Gasteiger partial charge in [0, 0.05) is 6.54 Å². The molecule has 1 aromatic carbocycles. The fourth-order valence-corrected chi connectivity index (χ4v) is 2.08. The van der Waals surface area contributed by atoms with Crippen molar-refractivity contribution in [3.8, 4) is 0 Å². The number of hydrogen-bond donors (Lipinski definition) is 2. The maximum Gasteiger partial charge on any atom is 0.336 e. The van der Waals surface area contributed by atoms with Crippen molar-refractivity contribution in [2.75, 3.05) is 6.61 Å². The topological polar surface area (TPSA) is 84.5 Å². The standard InChI is InChI=1S/C14H16N2O4/c1-2-20-13(19)14(8-11(17)16-12(14)18)15-9-10-6-4-3-5-7-10/h3-7,15H,2,8-9H2,1H3,(H,16,17,18). The fourth-order valence-electron chi connectivity index (χ4n) is 2.08. The maximum atomic E-state index is 12.0. The maximum absolute atomic E-state index is 12.0. The number of rotatable bonds is 5. The van der Waals surface area contributed by atoms with Gasteiger partial charge < -0.3 is 4.74 Å². The Bertz CT molecular complexity index is 529. The first kappa shape index (κ1) is 14.2. The molecule has 1 aliphatic rings. The summed E-state index contributed by atoms with van der Waals surface area (Å²) in [6, 6.07) is 9.30. The molecule has 2 rings (SSSR count). The number of nitrogens with one attached hydrogen (secondary N) is 2. The molecule has 20 heavy (non-hydrogen) atoms. The smallest absolute Gasteiger partial charge is 0.336 e. The summed E-state index contributed by atoms with van der Waals surface area (Å²) in [7, 11) is 0. The van der Waals surface area contributed by atoms with Gasteiger partial charge in [-0.15, -0.1) is 0 Å². The SMILES string of the molecule is CCOC(=O)C1(NCc2ccccc2)CC(=O)NC1=O. The van der Waals surface area contributed by atoms with E-state index in [2.05, 4.69) is 10.6 Å². The molecule has 1 aliphatic heterocycles. The summed E-state index contributed by atoms with van der Waals surface area (Å²) >= 11 is 0. The molecule has 2 amide bonds. The Labute approximate surface area is 116 Å². The van der Waals surface area contributed by atoms with Crippen LogP contribution in [0.2, 0.25) is 0 Å². The number of carbonyl (C=O) groups excluding carboxylic acids is 3. The van der Waals surface area contributed by atoms with E-state index >= 15 is 0 Å². The molecule has 0 spiro atoms. The number of benzene rings is 1. The van der Waals surface area contributed by atoms with Gasteiger partial charge in [0.25, 0.3) is 5.91 Å². The van der Waals surface area contributed by atoms with Crippen molar-refractivity contribution in [3.05, 3.63) is 35.9 Å². The van der Waals surface area contributed by atoms with E-state index in [0.717, 1.165) is 5.56 Å². The first-order valence-electron chi connectivity index (χ1n) is 6.39. The van der Waals surface area contributed by atoms with Gasteiger partial charge in [-0.1, -0.05) is 30.3 Å². The Morgan fingerprint density at radius 1 is 1.35 bits per heavy atom. The van der Waals surface area contributed by atoms with Crippen molar-refractivity contribution in [2.45, 2.75) is 25.4 Å². The second kappa shape index (κ2) is 5.83. The molecule has 1 heterocycles. The van der Waals surface area contributed by atoms with E-state index in [4.69, 9.17) is 4.74 Å². The average molecular weight is 276 g/mol. The zero-order chi connectivity index (χ0) is 14.6. The van der Waals surface area contributed by atoms with Gasteiger partial charge >= 0.3 is 5.97 Å². The van der Waals surface area contributed by atoms with E-state index in [9.17, 15) is 14.4 Å². The number of imide groups is 1. The third kappa shape index (κ3) is 2.70. The van der Waals surface area contributed by atoms with Crippen LogP contribution in [0.15, 0.2) is 30.3 Å². The second-order valence-corrected chi connectivity index (χ2v) is 4.52. The Morgan fingerprint density at radius 2 is 2.05 bits per heavy atom. The van der Waals surface area contributed by atoms with Crippen LogP contribution in [0.25, 0.3) is 0 Å². The van der Waals surface area contributed by atoms with E-state index < -0.39 is 23.3 Å². The van der Waals surface area contributed by atoms with Gasteiger partial charge in [0.15, 0.2) is 0 Å². The molecule has 0 aromatic heterocycles. The van der Waals surface area contributed by atoms with Crippen molar-refractivity contribution in [1.29, 1.82) is 0 Å². The van der Waals surface area contributed by atoms with Gasteiger partial charge in [-0.2, -0.15) is 0 Å². The van der Waals surface area contributed by atoms with Crippen molar-refractivity contribution in [3.63, 3.8) is 0 Å². The third-order valence-corrected chi connectivity index (χ3v) is 3.13. The lowest BCUT2D eigenvalue weighted by Crippen LogP contribution is -2.57. The van der Waals surface area contributed by atoms with Crippen LogP contribution in [-0.2, 0) is 25.7 Å². The summed E-state index contributed by atoms with van der Waals surface area (Å²) in [5.74, 6) is -1.86. The van der Waals surface area contributed by atoms with Gasteiger partial charge in [-0.05, 0) is 12.5 Å². The lowest BCUT2D eigenvalue weighted by Gasteiger charge is -2.24. The van der Waals surface area contributed by atoms with Crippen molar-refractivity contribution in [1.82, 2.24) is 10.6 Å². The van der Waals surface area contributed by atoms with Crippen LogP contribution in [0.5, 0.6) is 0 Å². The van der Waals surface area contributed by atoms with Crippen LogP contribution >= 0.6 is 0 Å². The van der Waals surface area contributed by atoms with Crippen molar-refractivity contribution >= 4 is 17.8 Å². The molecular weight excluding hydrogens is 260 g/mol. The first-order chi connectivity index (χ1) is 9.58. The number of esters is 1. The van der Waals surface area contributed by atoms with Gasteiger partial charge in [-0.3, -0.25) is 20.2 Å². The van der Waals surface area contributed by atoms with E-state index in [1.165, 1.54) is 0 Å². The van der Waals surface area contributed by atoms with Crippen LogP contribution in [-0.4, -0.2) is 29.9 Å². The highest BCUT2D eigenvalue weighted by Gasteiger charge is 2.53. The fraction of sp³-hybridized carbons (Fsp3) is 0.357. The summed E-state index contributed by atoms with van der Waals surface area (Å²) < 4.78 is 4.92. The van der Waals surface area contributed by atoms with Gasteiger partial charge in [0.1, 0.15) is 0 Å². The molecule has 1 saturated heterocycles. The third-order valence-electron chi connectivity index (χ3n) is 3.13. The molecule has 1 fully saturated rings. The molecule has 6 heteroatoms. The highest BCUT2D eigenvalue weighted by molar-refractivity contribution is 6.19. The van der Waals surface area contributed by atoms with E-state index in [0.29, 0.717) is 6.54 Å². The number of hydrogen-bond acceptors (Lipinski definition) is 5. The minimum Gasteiger partial charge on any atom is -0.464 e. The summed E-state index contributed by atoms with van der Waals surface area (Å²) in [6.07, 6.45) is -0.239. The quantitative estimate of drug-likeness (QED) is 0.453. The molecular formula is C14H16N2O4. The lowest BCUT2D eigenvalue weighted by atomic mass is 9.97. The summed E-state index contributed by atoms with van der Waals surface area (Å²) in [5, 5.41) is 5.01. The molecule has 1 aromatic rings. The molecule has 0 saturated carbocycles. The summed E-state index contributed by atoms with van der Waals surface area (Å²) in [5.41, 5.74) is -0.716. The molecule has 2 N–H and O–H groups in total. The lowest BCUT2D eigenvalue weighted by molar-refractivity contribution is -0.154. The molecule has 1 unspecified atom stereocenters. The van der Waals surface area contributed by atoms with E-state index in [1.54, 1.807) is 6.92 Å². The van der Waals surface area contributed by atoms with E-state index in [1.807, 2.05) is 30.3 Å². The second-order valence-electron chi connectivity index (χ2n) is 4.52. The molecule has 1 atom stereocenters. The molecule has 0 radical (unpaired) electrons. The van der Waals surface area contributed by atoms with Crippen molar-refractivity contribution < 1.29 is 19.1 Å². The molecule has 0 aliphatic carbocycles. The van der Waals surface area contributed by atoms with E-state index in [-0.39, 0.29) is 13.0 Å². The van der Waals surface area contributed by atoms with Gasteiger partial charge in [0.05, 0.1) is 13.0 Å². The number of ether oxygens (including phenoxy) is 1. The first-order valence-corrected chi connectivity index (χ1v) is 6.39. The Balaban J connectivity index is 2.17. The monoisotopic (exact) mass is 276 g/mol. The predicted octanol–water partition coefficient (Wildman–Crippen LogP) is 0.125. The van der Waals surface area contributed by atoms with Crippen LogP contribution in [0.4, 0.5) is 0 Å². The molecule has 6 nitrogen and oxygen atoms in total. The Morgan fingerprint density at radius 3 is 2.60 bits per heavy atom. The van der Waals surface area contributed by atoms with Gasteiger partial charge in [-0.25, -0.2) is 4.79 Å². The minimum absolute atomic E-state index is 0.148. The van der Waals surface area contributed by atoms with Gasteiger partial charge in [0.2, 0.25) is 11.4 Å². The highest BCUT2D eigenvalue weighted by Crippen LogP contribution is 2.20. The van der Waals surface area contributed by atoms with Crippen molar-refractivity contribution in [2.24, 2.45) is 0 Å². The number of carbonyl (C=O) groups is 3. The zero-order valence-corrected chi connectivity index (χ0v) is 11.1. The molecule has 0 bridgehead atoms. The van der Waals surface area contributed by atoms with Crippen LogP contribution < -0.4 is 10.6 Å². The van der Waals surface area contributed by atoms with Crippen LogP contribution in [0.3, 0.4) is 0 Å². The normalized spacial score (nSPS) is 21.6. The summed E-state index contributed by atoms with van der Waals surface area (Å²) in [4.78, 5) is 35.4. The van der Waals surface area contributed by atoms with Crippen LogP contribution in [0, 0.1) is 0 Å². The highest BCUT2D eigenvalue weighted by atomic mass is 16.5. The Kier molecular flexibility index (Phi) is 4.14. The predicted molar refractivity (Wildman–Crippen MR) is 70.4 cm³/mol.